The van der Waals surface area contributed by atoms with Gasteiger partial charge < -0.3 is 4.55 Å². The molecule has 170 valence electrons. The topological polar surface area (TPSA) is 101 Å². The maximum absolute atomic E-state index is 13.4. The summed E-state index contributed by atoms with van der Waals surface area (Å²) in [4.78, 5) is 24.1. The van der Waals surface area contributed by atoms with Crippen LogP contribution in [0.5, 0.6) is 0 Å². The molecule has 1 N–H and O–H groups in total. The lowest BCUT2D eigenvalue weighted by Gasteiger charge is -2.44. The van der Waals surface area contributed by atoms with Crippen molar-refractivity contribution in [2.45, 2.75) is 60.7 Å². The summed E-state index contributed by atoms with van der Waals surface area (Å²) in [6.45, 7) is 0.597. The van der Waals surface area contributed by atoms with Crippen LogP contribution in [-0.4, -0.2) is 50.4 Å². The Morgan fingerprint density at radius 1 is 1.22 bits per heavy atom. The van der Waals surface area contributed by atoms with Crippen molar-refractivity contribution in [3.05, 3.63) is 42.0 Å². The number of amidine groups is 1. The number of hydrogen-bond donors (Lipinski definition) is 1. The monoisotopic (exact) mass is 473 g/mol. The number of aromatic nitrogens is 1. The molecule has 2 unspecified atom stereocenters. The number of aliphatic imine (C=N–C) groups is 1. The van der Waals surface area contributed by atoms with Crippen LogP contribution in [0.4, 0.5) is 10.5 Å². The van der Waals surface area contributed by atoms with E-state index in [4.69, 9.17) is 4.99 Å². The summed E-state index contributed by atoms with van der Waals surface area (Å²) in [6, 6.07) is 6.89. The van der Waals surface area contributed by atoms with Gasteiger partial charge in [0, 0.05) is 18.8 Å². The first-order valence-electron chi connectivity index (χ1n) is 11.1. The Bertz CT molecular complexity index is 1040. The number of sulfonamides is 1. The Labute approximate surface area is 193 Å². The van der Waals surface area contributed by atoms with Crippen molar-refractivity contribution in [2.24, 2.45) is 4.99 Å². The first kappa shape index (κ1) is 21.7. The predicted molar refractivity (Wildman–Crippen MR) is 125 cm³/mol. The Hall–Kier alpha value is -2.14. The number of nitrogens with one attached hydrogen (secondary N) is 1. The number of rotatable bonds is 4. The first-order chi connectivity index (χ1) is 15.5. The van der Waals surface area contributed by atoms with E-state index in [2.05, 4.69) is 10.3 Å². The molecule has 3 aliphatic rings. The van der Waals surface area contributed by atoms with E-state index < -0.39 is 15.9 Å². The molecule has 2 amide bonds. The lowest BCUT2D eigenvalue weighted by atomic mass is 9.87. The summed E-state index contributed by atoms with van der Waals surface area (Å²) >= 11 is 1.22. The second kappa shape index (κ2) is 8.66. The fraction of sp³-hybridized carbons (Fsp3) is 0.500. The van der Waals surface area contributed by atoms with E-state index in [0.717, 1.165) is 25.7 Å². The molecule has 2 aromatic rings. The number of anilines is 1. The van der Waals surface area contributed by atoms with E-state index in [0.29, 0.717) is 35.1 Å². The second-order valence-electron chi connectivity index (χ2n) is 8.65. The second-order valence-corrected chi connectivity index (χ2v) is 11.8. The molecule has 4 heterocycles. The highest BCUT2D eigenvalue weighted by molar-refractivity contribution is 7.97. The van der Waals surface area contributed by atoms with Crippen molar-refractivity contribution in [3.63, 3.8) is 0 Å². The van der Waals surface area contributed by atoms with E-state index in [1.165, 1.54) is 22.1 Å². The highest BCUT2D eigenvalue weighted by atomic mass is 32.3. The molecule has 5 rings (SSSR count). The Morgan fingerprint density at radius 2 is 2.06 bits per heavy atom. The number of urea groups is 1. The molecule has 2 atom stereocenters. The van der Waals surface area contributed by atoms with E-state index in [1.54, 1.807) is 40.9 Å². The third-order valence-corrected chi connectivity index (χ3v) is 9.83. The van der Waals surface area contributed by atoms with Crippen LogP contribution in [0.3, 0.4) is 0 Å². The summed E-state index contributed by atoms with van der Waals surface area (Å²) in [5.41, 5.74) is -0.214. The molecule has 2 saturated heterocycles. The Kier molecular flexibility index (Phi) is 5.87. The number of carbonyl (C=O) groups is 1. The minimum absolute atomic E-state index is 0.161. The summed E-state index contributed by atoms with van der Waals surface area (Å²) in [6.07, 6.45) is 10.1. The van der Waals surface area contributed by atoms with Crippen LogP contribution in [0.1, 0.15) is 44.9 Å². The zero-order valence-corrected chi connectivity index (χ0v) is 19.4. The van der Waals surface area contributed by atoms with Crippen molar-refractivity contribution >= 4 is 39.3 Å². The van der Waals surface area contributed by atoms with Gasteiger partial charge >= 0.3 is 6.03 Å². The van der Waals surface area contributed by atoms with Crippen molar-refractivity contribution in [1.29, 1.82) is 0 Å². The van der Waals surface area contributed by atoms with Crippen LogP contribution in [0.15, 0.2) is 51.2 Å². The number of thiophene rings is 1. The van der Waals surface area contributed by atoms with Crippen molar-refractivity contribution in [3.8, 4) is 0 Å². The number of pyridine rings is 1. The van der Waals surface area contributed by atoms with Gasteiger partial charge in [-0.25, -0.2) is 4.79 Å². The van der Waals surface area contributed by atoms with Gasteiger partial charge in [-0.05, 0) is 49.3 Å². The van der Waals surface area contributed by atoms with Crippen LogP contribution < -0.4 is 10.2 Å². The summed E-state index contributed by atoms with van der Waals surface area (Å²) in [7, 11) is -3.65. The maximum atomic E-state index is 13.4. The molecule has 10 heteroatoms. The van der Waals surface area contributed by atoms with Gasteiger partial charge in [0.15, 0.2) is 10.4 Å². The van der Waals surface area contributed by atoms with Crippen LogP contribution in [0, 0.1) is 0 Å². The summed E-state index contributed by atoms with van der Waals surface area (Å²) in [5, 5.41) is 4.78. The van der Waals surface area contributed by atoms with Crippen molar-refractivity contribution in [2.75, 3.05) is 18.0 Å². The zero-order valence-electron chi connectivity index (χ0n) is 17.8. The van der Waals surface area contributed by atoms with E-state index >= 15 is 0 Å². The van der Waals surface area contributed by atoms with Gasteiger partial charge in [-0.3, -0.25) is 20.2 Å². The molecule has 0 bridgehead atoms. The lowest BCUT2D eigenvalue weighted by Crippen LogP contribution is -2.62. The predicted octanol–water partition coefficient (Wildman–Crippen LogP) is 3.84. The number of hydrogen-bond acceptors (Lipinski definition) is 6. The fourth-order valence-corrected chi connectivity index (χ4v) is 7.76. The quantitative estimate of drug-likeness (QED) is 0.682. The van der Waals surface area contributed by atoms with E-state index in [-0.39, 0.29) is 18.6 Å². The first-order valence-corrected chi connectivity index (χ1v) is 13.5. The van der Waals surface area contributed by atoms with Gasteiger partial charge in [0.1, 0.15) is 11.4 Å². The third kappa shape index (κ3) is 3.79. The molecule has 2 aromatic heterocycles. The van der Waals surface area contributed by atoms with Crippen LogP contribution in [0.25, 0.3) is 0 Å². The smallest absolute Gasteiger partial charge is 0.328 e. The van der Waals surface area contributed by atoms with Gasteiger partial charge in [0.25, 0.3) is 0 Å². The Balaban J connectivity index is 1.57. The molecule has 3 fully saturated rings. The van der Waals surface area contributed by atoms with Gasteiger partial charge in [-0.2, -0.15) is 0 Å². The minimum atomic E-state index is -3.65. The van der Waals surface area contributed by atoms with Crippen molar-refractivity contribution in [1.82, 2.24) is 14.6 Å². The van der Waals surface area contributed by atoms with Crippen LogP contribution in [-0.2, 0) is 14.6 Å². The lowest BCUT2D eigenvalue weighted by molar-refractivity contribution is 0.236. The number of nitrogens with zero attached hydrogens (tertiary/aromatic N) is 4. The maximum Gasteiger partial charge on any atom is 0.328 e. The van der Waals surface area contributed by atoms with Gasteiger partial charge in [-0.1, -0.05) is 34.8 Å². The number of amides is 2. The summed E-state index contributed by atoms with van der Waals surface area (Å²) in [5.74, 6) is 0.601. The highest BCUT2D eigenvalue weighted by Crippen LogP contribution is 2.40. The zero-order chi connectivity index (χ0) is 22.2. The van der Waals surface area contributed by atoms with Crippen LogP contribution in [0.2, 0.25) is 0 Å². The van der Waals surface area contributed by atoms with E-state index in [1.807, 2.05) is 6.07 Å². The highest BCUT2D eigenvalue weighted by Gasteiger charge is 2.56. The minimum Gasteiger partial charge on any atom is -0.592 e. The molecule has 1 saturated carbocycles. The third-order valence-electron chi connectivity index (χ3n) is 6.61. The number of carbonyl (C=O) groups excluding carboxylic acids is 1. The Morgan fingerprint density at radius 3 is 2.78 bits per heavy atom. The molecular formula is C22H27N5O3S2. The molecule has 0 aromatic carbocycles. The molecular weight excluding hydrogens is 446 g/mol. The molecule has 1 aliphatic carbocycles. The molecule has 8 nitrogen and oxygen atoms in total. The average molecular weight is 474 g/mol. The normalized spacial score (nSPS) is 28.2. The molecule has 0 radical (unpaired) electrons. The van der Waals surface area contributed by atoms with Gasteiger partial charge in [0.2, 0.25) is 4.21 Å². The molecule has 2 aliphatic heterocycles. The average Bonchev–Trinajstić information content (AvgIpc) is 3.43. The largest absolute Gasteiger partial charge is 0.592 e. The van der Waals surface area contributed by atoms with Crippen LogP contribution >= 0.6 is 11.3 Å². The van der Waals surface area contributed by atoms with E-state index in [9.17, 15) is 13.6 Å². The molecule has 32 heavy (non-hydrogen) atoms. The van der Waals surface area contributed by atoms with Gasteiger partial charge in [-0.15, -0.1) is 4.31 Å². The fourth-order valence-electron chi connectivity index (χ4n) is 5.09. The summed E-state index contributed by atoms with van der Waals surface area (Å²) < 4.78 is 28.6. The number of piperidine rings is 1. The molecule has 1 spiro atoms. The SMILES string of the molecule is O=C1NC(=NC2CCCCC2)C2(CCCN([S+](=O)([O-])c3cccs3)C2)N1c1cccnc1. The van der Waals surface area contributed by atoms with Gasteiger partial charge in [0.05, 0.1) is 24.5 Å². The van der Waals surface area contributed by atoms with Crippen molar-refractivity contribution < 1.29 is 13.6 Å². The standard InChI is InChI=1S/C22H27N5O3S2/c28-21-25-20(24-17-7-2-1-3-8-17)22(27(21)18-9-4-12-23-15-18)11-6-13-26(16-22)32(29,30)19-10-5-14-31-19/h4-5,9-10,12,14-15,17H,1-3,6-8,11,13,16H2,(H-,24,25,28,29,30).